The van der Waals surface area contributed by atoms with Gasteiger partial charge in [0, 0.05) is 18.8 Å². The molecule has 0 bridgehead atoms. The van der Waals surface area contributed by atoms with Crippen LogP contribution in [0.25, 0.3) is 0 Å². The van der Waals surface area contributed by atoms with E-state index in [1.54, 1.807) is 0 Å². The Morgan fingerprint density at radius 3 is 2.22 bits per heavy atom. The molecule has 1 aliphatic heterocycles. The summed E-state index contributed by atoms with van der Waals surface area (Å²) in [6.07, 6.45) is 6.91. The van der Waals surface area contributed by atoms with Crippen LogP contribution in [0.1, 0.15) is 56.1 Å². The molecule has 2 amide bonds. The number of nitrogens with zero attached hydrogens (tertiary/aromatic N) is 1. The zero-order valence-electron chi connectivity index (χ0n) is 14.4. The summed E-state index contributed by atoms with van der Waals surface area (Å²) < 4.78 is 0. The van der Waals surface area contributed by atoms with Crippen LogP contribution in [0.2, 0.25) is 0 Å². The van der Waals surface area contributed by atoms with Gasteiger partial charge in [0.2, 0.25) is 11.8 Å². The molecule has 2 rings (SSSR count). The maximum absolute atomic E-state index is 12.4. The highest BCUT2D eigenvalue weighted by atomic mass is 16.2. The molecule has 0 unspecified atom stereocenters. The zero-order valence-corrected chi connectivity index (χ0v) is 14.4. The Labute approximate surface area is 139 Å². The molecule has 1 saturated heterocycles. The molecular weight excluding hydrogens is 288 g/mol. The van der Waals surface area contributed by atoms with Crippen molar-refractivity contribution in [1.29, 1.82) is 0 Å². The fraction of sp³-hybridized carbons (Fsp3) is 0.579. The minimum atomic E-state index is -0.221. The summed E-state index contributed by atoms with van der Waals surface area (Å²) >= 11 is 0. The van der Waals surface area contributed by atoms with Crippen LogP contribution in [0.5, 0.6) is 0 Å². The van der Waals surface area contributed by atoms with Gasteiger partial charge in [-0.2, -0.15) is 0 Å². The number of benzene rings is 1. The fourth-order valence-corrected chi connectivity index (χ4v) is 3.07. The van der Waals surface area contributed by atoms with Crippen LogP contribution >= 0.6 is 0 Å². The first kappa shape index (κ1) is 17.5. The molecule has 4 heteroatoms. The number of hydrogen-bond donors (Lipinski definition) is 1. The van der Waals surface area contributed by atoms with Gasteiger partial charge in [-0.1, -0.05) is 43.4 Å². The lowest BCUT2D eigenvalue weighted by Crippen LogP contribution is -2.35. The minimum Gasteiger partial charge on any atom is -0.342 e. The van der Waals surface area contributed by atoms with E-state index in [1.807, 2.05) is 36.9 Å². The lowest BCUT2D eigenvalue weighted by molar-refractivity contribution is -0.134. The first-order valence-corrected chi connectivity index (χ1v) is 8.71. The van der Waals surface area contributed by atoms with Crippen molar-refractivity contribution in [2.75, 3.05) is 18.4 Å². The average molecular weight is 316 g/mol. The van der Waals surface area contributed by atoms with Crippen molar-refractivity contribution < 1.29 is 9.59 Å². The molecule has 4 nitrogen and oxygen atoms in total. The second kappa shape index (κ2) is 8.70. The van der Waals surface area contributed by atoms with Gasteiger partial charge in [-0.05, 0) is 38.3 Å². The number of hydrogen-bond acceptors (Lipinski definition) is 2. The van der Waals surface area contributed by atoms with E-state index >= 15 is 0 Å². The van der Waals surface area contributed by atoms with Crippen molar-refractivity contribution >= 4 is 17.5 Å². The van der Waals surface area contributed by atoms with E-state index in [1.165, 1.54) is 25.7 Å². The van der Waals surface area contributed by atoms with Gasteiger partial charge < -0.3 is 10.2 Å². The number of nitrogens with one attached hydrogen (secondary N) is 1. The molecule has 1 aliphatic rings. The number of amides is 2. The smallest absolute Gasteiger partial charge is 0.233 e. The molecule has 0 aromatic heterocycles. The summed E-state index contributed by atoms with van der Waals surface area (Å²) in [6.45, 7) is 5.56. The summed E-state index contributed by atoms with van der Waals surface area (Å²) in [5, 5.41) is 2.86. The molecule has 1 fully saturated rings. The third-order valence-electron chi connectivity index (χ3n) is 4.43. The van der Waals surface area contributed by atoms with Gasteiger partial charge in [0.25, 0.3) is 0 Å². The lowest BCUT2D eigenvalue weighted by atomic mass is 10.1. The monoisotopic (exact) mass is 316 g/mol. The SMILES string of the molecule is Cc1ccc(NC(=O)CC(=O)N2CCCCCCCC2)c(C)c1. The summed E-state index contributed by atoms with van der Waals surface area (Å²) in [4.78, 5) is 26.4. The Balaban J connectivity index is 1.88. The minimum absolute atomic E-state index is 0.0471. The Hall–Kier alpha value is -1.84. The molecule has 23 heavy (non-hydrogen) atoms. The van der Waals surface area contributed by atoms with Crippen molar-refractivity contribution in [3.8, 4) is 0 Å². The van der Waals surface area contributed by atoms with Gasteiger partial charge in [0.05, 0.1) is 0 Å². The van der Waals surface area contributed by atoms with Crippen LogP contribution in [0, 0.1) is 13.8 Å². The molecule has 0 spiro atoms. The summed E-state index contributed by atoms with van der Waals surface area (Å²) in [5.74, 6) is -0.268. The molecule has 1 heterocycles. The molecule has 1 aromatic rings. The van der Waals surface area contributed by atoms with Gasteiger partial charge >= 0.3 is 0 Å². The molecule has 0 atom stereocenters. The number of aryl methyl sites for hydroxylation is 2. The Morgan fingerprint density at radius 1 is 1.00 bits per heavy atom. The second-order valence-electron chi connectivity index (χ2n) is 6.55. The highest BCUT2D eigenvalue weighted by Gasteiger charge is 2.18. The quantitative estimate of drug-likeness (QED) is 0.862. The van der Waals surface area contributed by atoms with Crippen molar-refractivity contribution in [1.82, 2.24) is 4.90 Å². The van der Waals surface area contributed by atoms with Gasteiger partial charge in [-0.25, -0.2) is 0 Å². The van der Waals surface area contributed by atoms with Crippen molar-refractivity contribution in [2.24, 2.45) is 0 Å². The number of anilines is 1. The highest BCUT2D eigenvalue weighted by molar-refractivity contribution is 6.03. The molecule has 0 saturated carbocycles. The maximum atomic E-state index is 12.4. The van der Waals surface area contributed by atoms with Crippen molar-refractivity contribution in [3.63, 3.8) is 0 Å². The number of rotatable bonds is 3. The first-order valence-electron chi connectivity index (χ1n) is 8.71. The van der Waals surface area contributed by atoms with Crippen molar-refractivity contribution in [2.45, 2.75) is 58.8 Å². The molecule has 0 radical (unpaired) electrons. The van der Waals surface area contributed by atoms with Crippen LogP contribution < -0.4 is 5.32 Å². The van der Waals surface area contributed by atoms with Crippen LogP contribution in [-0.2, 0) is 9.59 Å². The van der Waals surface area contributed by atoms with E-state index in [2.05, 4.69) is 5.32 Å². The molecule has 1 aromatic carbocycles. The molecule has 0 aliphatic carbocycles. The topological polar surface area (TPSA) is 49.4 Å². The normalized spacial score (nSPS) is 16.2. The summed E-state index contributed by atoms with van der Waals surface area (Å²) in [7, 11) is 0. The Kier molecular flexibility index (Phi) is 6.63. The second-order valence-corrected chi connectivity index (χ2v) is 6.55. The Bertz CT molecular complexity index is 544. The van der Waals surface area contributed by atoms with Crippen LogP contribution in [-0.4, -0.2) is 29.8 Å². The van der Waals surface area contributed by atoms with E-state index in [0.717, 1.165) is 42.7 Å². The van der Waals surface area contributed by atoms with E-state index in [4.69, 9.17) is 0 Å². The van der Waals surface area contributed by atoms with Gasteiger partial charge in [0.15, 0.2) is 0 Å². The highest BCUT2D eigenvalue weighted by Crippen LogP contribution is 2.17. The van der Waals surface area contributed by atoms with Gasteiger partial charge in [-0.3, -0.25) is 9.59 Å². The third-order valence-corrected chi connectivity index (χ3v) is 4.43. The number of carbonyl (C=O) groups is 2. The third kappa shape index (κ3) is 5.70. The van der Waals surface area contributed by atoms with E-state index < -0.39 is 0 Å². The molecule has 1 N–H and O–H groups in total. The van der Waals surface area contributed by atoms with Crippen LogP contribution in [0.4, 0.5) is 5.69 Å². The summed E-state index contributed by atoms with van der Waals surface area (Å²) in [5.41, 5.74) is 2.97. The van der Waals surface area contributed by atoms with Crippen LogP contribution in [0.3, 0.4) is 0 Å². The van der Waals surface area contributed by atoms with E-state index in [0.29, 0.717) is 0 Å². The van der Waals surface area contributed by atoms with Crippen molar-refractivity contribution in [3.05, 3.63) is 29.3 Å². The van der Waals surface area contributed by atoms with Crippen LogP contribution in [0.15, 0.2) is 18.2 Å². The lowest BCUT2D eigenvalue weighted by Gasteiger charge is -2.22. The predicted octanol–water partition coefficient (Wildman–Crippen LogP) is 3.81. The number of carbonyl (C=O) groups excluding carboxylic acids is 2. The first-order chi connectivity index (χ1) is 11.1. The van der Waals surface area contributed by atoms with Gasteiger partial charge in [0.1, 0.15) is 6.42 Å². The van der Waals surface area contributed by atoms with E-state index in [-0.39, 0.29) is 18.2 Å². The average Bonchev–Trinajstić information content (AvgIpc) is 2.63. The van der Waals surface area contributed by atoms with Gasteiger partial charge in [-0.15, -0.1) is 0 Å². The summed E-state index contributed by atoms with van der Waals surface area (Å²) in [6, 6.07) is 5.89. The largest absolute Gasteiger partial charge is 0.342 e. The molecular formula is C19H28N2O2. The maximum Gasteiger partial charge on any atom is 0.233 e. The standard InChI is InChI=1S/C19H28N2O2/c1-15-9-10-17(16(2)13-15)20-18(22)14-19(23)21-11-7-5-3-4-6-8-12-21/h9-10,13H,3-8,11-12,14H2,1-2H3,(H,20,22). The zero-order chi connectivity index (χ0) is 16.7. The predicted molar refractivity (Wildman–Crippen MR) is 93.4 cm³/mol. The Morgan fingerprint density at radius 2 is 1.61 bits per heavy atom. The van der Waals surface area contributed by atoms with E-state index in [9.17, 15) is 9.59 Å². The molecule has 126 valence electrons. The fourth-order valence-electron chi connectivity index (χ4n) is 3.07.